The number of hydrogen-bond donors (Lipinski definition) is 1. The maximum atomic E-state index is 5.94. The van der Waals surface area contributed by atoms with Crippen molar-refractivity contribution >= 4 is 0 Å². The second-order valence-electron chi connectivity index (χ2n) is 5.46. The van der Waals surface area contributed by atoms with Gasteiger partial charge >= 0.3 is 0 Å². The number of benzene rings is 1. The largest absolute Gasteiger partial charge is 0.494 e. The minimum absolute atomic E-state index is 0.172. The van der Waals surface area contributed by atoms with Crippen molar-refractivity contribution in [1.29, 1.82) is 0 Å². The summed E-state index contributed by atoms with van der Waals surface area (Å²) in [5.74, 6) is 1.46. The van der Waals surface area contributed by atoms with Gasteiger partial charge < -0.3 is 19.5 Å². The monoisotopic (exact) mass is 293 g/mol. The highest BCUT2D eigenvalue weighted by Gasteiger charge is 2.29. The van der Waals surface area contributed by atoms with Crippen molar-refractivity contribution in [3.05, 3.63) is 29.8 Å². The third-order valence-corrected chi connectivity index (χ3v) is 3.76. The van der Waals surface area contributed by atoms with Gasteiger partial charge in [-0.3, -0.25) is 0 Å². The summed E-state index contributed by atoms with van der Waals surface area (Å²) < 4.78 is 16.7. The smallest absolute Gasteiger partial charge is 0.119 e. The highest BCUT2D eigenvalue weighted by Crippen LogP contribution is 2.35. The first-order chi connectivity index (χ1) is 10.3. The molecular formula is C17H27NO3. The highest BCUT2D eigenvalue weighted by molar-refractivity contribution is 5.30. The van der Waals surface area contributed by atoms with E-state index in [4.69, 9.17) is 14.2 Å². The number of rotatable bonds is 9. The van der Waals surface area contributed by atoms with Gasteiger partial charge in [-0.25, -0.2) is 0 Å². The minimum Gasteiger partial charge on any atom is -0.494 e. The summed E-state index contributed by atoms with van der Waals surface area (Å²) in [6.07, 6.45) is 2.30. The summed E-state index contributed by atoms with van der Waals surface area (Å²) in [5.41, 5.74) is 1.22. The molecule has 1 aliphatic heterocycles. The van der Waals surface area contributed by atoms with Crippen LogP contribution >= 0.6 is 0 Å². The average Bonchev–Trinajstić information content (AvgIpc) is 2.98. The molecule has 1 aliphatic rings. The Morgan fingerprint density at radius 1 is 1.33 bits per heavy atom. The van der Waals surface area contributed by atoms with Crippen molar-refractivity contribution in [1.82, 2.24) is 5.32 Å². The van der Waals surface area contributed by atoms with Crippen LogP contribution in [-0.2, 0) is 9.47 Å². The van der Waals surface area contributed by atoms with Gasteiger partial charge in [-0.15, -0.1) is 0 Å². The molecular weight excluding hydrogens is 266 g/mol. The Morgan fingerprint density at radius 2 is 2.24 bits per heavy atom. The lowest BCUT2D eigenvalue weighted by molar-refractivity contribution is 0.0896. The first-order valence-electron chi connectivity index (χ1n) is 7.89. The zero-order chi connectivity index (χ0) is 14.9. The van der Waals surface area contributed by atoms with E-state index >= 15 is 0 Å². The fourth-order valence-electron chi connectivity index (χ4n) is 2.67. The van der Waals surface area contributed by atoms with Crippen LogP contribution in [0, 0.1) is 5.92 Å². The van der Waals surface area contributed by atoms with Gasteiger partial charge in [-0.1, -0.05) is 19.1 Å². The lowest BCUT2D eigenvalue weighted by Crippen LogP contribution is -2.27. The molecule has 0 spiro atoms. The Labute approximate surface area is 127 Å². The van der Waals surface area contributed by atoms with Crippen molar-refractivity contribution in [3.8, 4) is 5.75 Å². The lowest BCUT2D eigenvalue weighted by Gasteiger charge is -2.20. The van der Waals surface area contributed by atoms with Crippen molar-refractivity contribution in [3.63, 3.8) is 0 Å². The summed E-state index contributed by atoms with van der Waals surface area (Å²) >= 11 is 0. The van der Waals surface area contributed by atoms with Crippen molar-refractivity contribution in [2.45, 2.75) is 25.9 Å². The normalized spacial score (nSPS) is 21.6. The SMILES string of the molecule is CCCOc1cccc(C2OCCC2CNCCOC)c1. The van der Waals surface area contributed by atoms with Crippen LogP contribution in [0.15, 0.2) is 24.3 Å². The first kappa shape index (κ1) is 16.3. The molecule has 2 rings (SSSR count). The fraction of sp³-hybridized carbons (Fsp3) is 0.647. The molecule has 4 nitrogen and oxygen atoms in total. The van der Waals surface area contributed by atoms with Crippen LogP contribution in [0.25, 0.3) is 0 Å². The molecule has 2 atom stereocenters. The van der Waals surface area contributed by atoms with Crippen LogP contribution in [-0.4, -0.2) is 40.0 Å². The quantitative estimate of drug-likeness (QED) is 0.711. The summed E-state index contributed by atoms with van der Waals surface area (Å²) in [6.45, 7) is 6.32. The van der Waals surface area contributed by atoms with Gasteiger partial charge in [0.2, 0.25) is 0 Å². The predicted octanol–water partition coefficient (Wildman–Crippen LogP) is 2.79. The van der Waals surface area contributed by atoms with Gasteiger partial charge in [-0.05, 0) is 30.5 Å². The van der Waals surface area contributed by atoms with Gasteiger partial charge in [-0.2, -0.15) is 0 Å². The summed E-state index contributed by atoms with van der Waals surface area (Å²) in [4.78, 5) is 0. The minimum atomic E-state index is 0.172. The molecule has 1 saturated heterocycles. The number of nitrogens with one attached hydrogen (secondary N) is 1. The number of methoxy groups -OCH3 is 1. The van der Waals surface area contributed by atoms with Crippen molar-refractivity contribution < 1.29 is 14.2 Å². The molecule has 1 aromatic rings. The number of ether oxygens (including phenoxy) is 3. The van der Waals surface area contributed by atoms with Gasteiger partial charge in [0.25, 0.3) is 0 Å². The molecule has 0 saturated carbocycles. The van der Waals surface area contributed by atoms with E-state index in [0.717, 1.165) is 51.5 Å². The molecule has 0 amide bonds. The van der Waals surface area contributed by atoms with E-state index in [1.54, 1.807) is 7.11 Å². The van der Waals surface area contributed by atoms with Crippen molar-refractivity contribution in [2.75, 3.05) is 40.0 Å². The van der Waals surface area contributed by atoms with Gasteiger partial charge in [0, 0.05) is 32.7 Å². The topological polar surface area (TPSA) is 39.7 Å². The van der Waals surface area contributed by atoms with Gasteiger partial charge in [0.05, 0.1) is 19.3 Å². The molecule has 1 heterocycles. The second kappa shape index (κ2) is 9.03. The van der Waals surface area contributed by atoms with E-state index in [1.807, 2.05) is 6.07 Å². The van der Waals surface area contributed by atoms with Crippen LogP contribution in [0.4, 0.5) is 0 Å². The summed E-state index contributed by atoms with van der Waals surface area (Å²) in [6, 6.07) is 8.32. The van der Waals surface area contributed by atoms with E-state index in [9.17, 15) is 0 Å². The molecule has 0 aliphatic carbocycles. The van der Waals surface area contributed by atoms with Crippen LogP contribution < -0.4 is 10.1 Å². The Hall–Kier alpha value is -1.10. The molecule has 118 valence electrons. The van der Waals surface area contributed by atoms with Crippen molar-refractivity contribution in [2.24, 2.45) is 5.92 Å². The molecule has 0 radical (unpaired) electrons. The van der Waals surface area contributed by atoms with Gasteiger partial charge in [0.1, 0.15) is 5.75 Å². The zero-order valence-corrected chi connectivity index (χ0v) is 13.1. The Bertz CT molecular complexity index is 411. The van der Waals surface area contributed by atoms with Gasteiger partial charge in [0.15, 0.2) is 0 Å². The molecule has 2 unspecified atom stereocenters. The van der Waals surface area contributed by atoms with Crippen LogP contribution in [0.1, 0.15) is 31.4 Å². The van der Waals surface area contributed by atoms with E-state index in [1.165, 1.54) is 5.56 Å². The lowest BCUT2D eigenvalue weighted by atomic mass is 9.95. The predicted molar refractivity (Wildman–Crippen MR) is 83.8 cm³/mol. The van der Waals surface area contributed by atoms with Crippen LogP contribution in [0.2, 0.25) is 0 Å². The molecule has 4 heteroatoms. The summed E-state index contributed by atoms with van der Waals surface area (Å²) in [5, 5.41) is 3.44. The molecule has 21 heavy (non-hydrogen) atoms. The maximum Gasteiger partial charge on any atom is 0.119 e. The molecule has 0 bridgehead atoms. The first-order valence-corrected chi connectivity index (χ1v) is 7.89. The maximum absolute atomic E-state index is 5.94. The van der Waals surface area contributed by atoms with E-state index < -0.39 is 0 Å². The molecule has 1 aromatic carbocycles. The summed E-state index contributed by atoms with van der Waals surface area (Å²) in [7, 11) is 1.73. The fourth-order valence-corrected chi connectivity index (χ4v) is 2.67. The Balaban J connectivity index is 1.92. The van der Waals surface area contributed by atoms with E-state index in [0.29, 0.717) is 5.92 Å². The highest BCUT2D eigenvalue weighted by atomic mass is 16.5. The number of hydrogen-bond acceptors (Lipinski definition) is 4. The standard InChI is InChI=1S/C17H27NO3/c1-3-9-20-16-6-4-5-14(12-16)17-15(7-10-21-17)13-18-8-11-19-2/h4-6,12,15,17-18H,3,7-11,13H2,1-2H3. The third-order valence-electron chi connectivity index (χ3n) is 3.76. The zero-order valence-electron chi connectivity index (χ0n) is 13.1. The van der Waals surface area contributed by atoms with Crippen LogP contribution in [0.5, 0.6) is 5.75 Å². The average molecular weight is 293 g/mol. The molecule has 1 fully saturated rings. The van der Waals surface area contributed by atoms with Crippen LogP contribution in [0.3, 0.4) is 0 Å². The molecule has 1 N–H and O–H groups in total. The van der Waals surface area contributed by atoms with E-state index in [2.05, 4.69) is 30.4 Å². The third kappa shape index (κ3) is 4.99. The van der Waals surface area contributed by atoms with E-state index in [-0.39, 0.29) is 6.10 Å². The second-order valence-corrected chi connectivity index (χ2v) is 5.46. The Morgan fingerprint density at radius 3 is 3.05 bits per heavy atom. The Kier molecular flexibility index (Phi) is 7.00. The molecule has 0 aromatic heterocycles.